The van der Waals surface area contributed by atoms with E-state index < -0.39 is 0 Å². The van der Waals surface area contributed by atoms with Crippen LogP contribution in [0.4, 0.5) is 0 Å². The second kappa shape index (κ2) is 8.50. The van der Waals surface area contributed by atoms with E-state index >= 15 is 0 Å². The van der Waals surface area contributed by atoms with Crippen LogP contribution in [-0.4, -0.2) is 44.3 Å². The number of nitrogens with one attached hydrogen (secondary N) is 1. The van der Waals surface area contributed by atoms with E-state index in [9.17, 15) is 4.79 Å². The summed E-state index contributed by atoms with van der Waals surface area (Å²) in [6.45, 7) is 2.41. The van der Waals surface area contributed by atoms with Gasteiger partial charge in [0.25, 0.3) is 0 Å². The Morgan fingerprint density at radius 1 is 1.22 bits per heavy atom. The molecule has 1 unspecified atom stereocenters. The fourth-order valence-corrected chi connectivity index (χ4v) is 3.55. The highest BCUT2D eigenvalue weighted by atomic mass is 35.5. The zero-order valence-corrected chi connectivity index (χ0v) is 16.0. The minimum atomic E-state index is -0.0404. The van der Waals surface area contributed by atoms with E-state index in [-0.39, 0.29) is 31.1 Å². The Hall–Kier alpha value is -2.44. The standard InChI is InChI=1S/C20H22N2O4.ClH/c1-24-17-5-3-2-4-15(17)16-12-21-8-9-22(16)20(23)11-14-6-7-18-19(10-14)26-13-25-18;/h2-7,10,16,21H,8-9,11-13H2,1H3;1H. The van der Waals surface area contributed by atoms with Gasteiger partial charge in [0, 0.05) is 25.2 Å². The lowest BCUT2D eigenvalue weighted by Crippen LogP contribution is -2.49. The van der Waals surface area contributed by atoms with Gasteiger partial charge in [-0.3, -0.25) is 4.79 Å². The number of benzene rings is 2. The third kappa shape index (κ3) is 3.96. The van der Waals surface area contributed by atoms with Crippen LogP contribution in [0.25, 0.3) is 0 Å². The number of fused-ring (bicyclic) bond motifs is 1. The summed E-state index contributed by atoms with van der Waals surface area (Å²) in [7, 11) is 1.66. The Morgan fingerprint density at radius 2 is 2.04 bits per heavy atom. The molecule has 0 bridgehead atoms. The van der Waals surface area contributed by atoms with Crippen LogP contribution in [0, 0.1) is 0 Å². The first-order chi connectivity index (χ1) is 12.8. The van der Waals surface area contributed by atoms with Crippen molar-refractivity contribution < 1.29 is 19.0 Å². The predicted octanol–water partition coefficient (Wildman–Crippen LogP) is 2.56. The average molecular weight is 391 g/mol. The molecule has 1 N–H and O–H groups in total. The van der Waals surface area contributed by atoms with Crippen molar-refractivity contribution in [1.82, 2.24) is 10.2 Å². The van der Waals surface area contributed by atoms with Crippen molar-refractivity contribution in [3.05, 3.63) is 53.6 Å². The first-order valence-electron chi connectivity index (χ1n) is 8.78. The van der Waals surface area contributed by atoms with E-state index in [2.05, 4.69) is 5.32 Å². The van der Waals surface area contributed by atoms with Crippen LogP contribution in [0.2, 0.25) is 0 Å². The van der Waals surface area contributed by atoms with Gasteiger partial charge in [-0.05, 0) is 23.8 Å². The number of hydrogen-bond acceptors (Lipinski definition) is 5. The molecule has 0 aliphatic carbocycles. The summed E-state index contributed by atoms with van der Waals surface area (Å²) in [5.74, 6) is 2.34. The molecule has 4 rings (SSSR count). The summed E-state index contributed by atoms with van der Waals surface area (Å²) in [4.78, 5) is 15.0. The molecule has 144 valence electrons. The van der Waals surface area contributed by atoms with Gasteiger partial charge in [0.2, 0.25) is 12.7 Å². The Morgan fingerprint density at radius 3 is 2.89 bits per heavy atom. The summed E-state index contributed by atoms with van der Waals surface area (Å²) in [6, 6.07) is 13.5. The normalized spacial score (nSPS) is 18.0. The molecule has 0 saturated carbocycles. The van der Waals surface area contributed by atoms with E-state index in [0.29, 0.717) is 25.3 Å². The Bertz CT molecular complexity index is 814. The van der Waals surface area contributed by atoms with Crippen LogP contribution in [0.15, 0.2) is 42.5 Å². The maximum Gasteiger partial charge on any atom is 0.231 e. The van der Waals surface area contributed by atoms with Crippen LogP contribution in [0.3, 0.4) is 0 Å². The molecule has 27 heavy (non-hydrogen) atoms. The largest absolute Gasteiger partial charge is 0.496 e. The van der Waals surface area contributed by atoms with Crippen molar-refractivity contribution in [3.63, 3.8) is 0 Å². The zero-order valence-electron chi connectivity index (χ0n) is 15.1. The minimum absolute atomic E-state index is 0. The maximum atomic E-state index is 13.0. The zero-order chi connectivity index (χ0) is 17.9. The van der Waals surface area contributed by atoms with Crippen LogP contribution >= 0.6 is 12.4 Å². The third-order valence-corrected chi connectivity index (χ3v) is 4.85. The second-order valence-corrected chi connectivity index (χ2v) is 6.41. The number of carbonyl (C=O) groups is 1. The van der Waals surface area contributed by atoms with E-state index in [1.807, 2.05) is 47.4 Å². The van der Waals surface area contributed by atoms with Crippen molar-refractivity contribution >= 4 is 18.3 Å². The van der Waals surface area contributed by atoms with Crippen molar-refractivity contribution in [1.29, 1.82) is 0 Å². The van der Waals surface area contributed by atoms with Gasteiger partial charge in [-0.1, -0.05) is 24.3 Å². The number of piperazine rings is 1. The number of ether oxygens (including phenoxy) is 3. The molecule has 6 nitrogen and oxygen atoms in total. The molecule has 1 saturated heterocycles. The summed E-state index contributed by atoms with van der Waals surface area (Å²) < 4.78 is 16.2. The fraction of sp³-hybridized carbons (Fsp3) is 0.350. The highest BCUT2D eigenvalue weighted by Gasteiger charge is 2.30. The molecular weight excluding hydrogens is 368 g/mol. The van der Waals surface area contributed by atoms with Crippen molar-refractivity contribution in [2.75, 3.05) is 33.5 Å². The van der Waals surface area contributed by atoms with Gasteiger partial charge in [0.1, 0.15) is 5.75 Å². The van der Waals surface area contributed by atoms with Gasteiger partial charge in [-0.15, -0.1) is 12.4 Å². The number of para-hydroxylation sites is 1. The maximum absolute atomic E-state index is 13.0. The summed E-state index contributed by atoms with van der Waals surface area (Å²) in [5.41, 5.74) is 1.96. The molecule has 7 heteroatoms. The quantitative estimate of drug-likeness (QED) is 0.869. The molecule has 2 aliphatic rings. The number of methoxy groups -OCH3 is 1. The van der Waals surface area contributed by atoms with E-state index in [1.54, 1.807) is 7.11 Å². The van der Waals surface area contributed by atoms with Gasteiger partial charge in [0.15, 0.2) is 11.5 Å². The molecule has 2 aromatic rings. The van der Waals surface area contributed by atoms with E-state index in [4.69, 9.17) is 14.2 Å². The molecule has 2 aromatic carbocycles. The van der Waals surface area contributed by atoms with Gasteiger partial charge in [-0.2, -0.15) is 0 Å². The molecule has 1 atom stereocenters. The fourth-order valence-electron chi connectivity index (χ4n) is 3.55. The van der Waals surface area contributed by atoms with Crippen LogP contribution in [-0.2, 0) is 11.2 Å². The number of hydrogen-bond donors (Lipinski definition) is 1. The van der Waals surface area contributed by atoms with E-state index in [1.165, 1.54) is 0 Å². The number of rotatable bonds is 4. The van der Waals surface area contributed by atoms with Gasteiger partial charge in [0.05, 0.1) is 19.6 Å². The lowest BCUT2D eigenvalue weighted by Gasteiger charge is -2.37. The predicted molar refractivity (Wildman–Crippen MR) is 104 cm³/mol. The molecule has 0 radical (unpaired) electrons. The van der Waals surface area contributed by atoms with Gasteiger partial charge < -0.3 is 24.4 Å². The SMILES string of the molecule is COc1ccccc1C1CNCCN1C(=O)Cc1ccc2c(c1)OCO2.Cl. The Kier molecular flexibility index (Phi) is 6.08. The lowest BCUT2D eigenvalue weighted by atomic mass is 10.0. The van der Waals surface area contributed by atoms with Crippen LogP contribution in [0.1, 0.15) is 17.2 Å². The number of amides is 1. The summed E-state index contributed by atoms with van der Waals surface area (Å²) >= 11 is 0. The molecule has 2 aliphatic heterocycles. The smallest absolute Gasteiger partial charge is 0.231 e. The first kappa shape index (κ1) is 19.3. The number of halogens is 1. The summed E-state index contributed by atoms with van der Waals surface area (Å²) in [5, 5.41) is 3.38. The van der Waals surface area contributed by atoms with Gasteiger partial charge >= 0.3 is 0 Å². The number of nitrogens with zero attached hydrogens (tertiary/aromatic N) is 1. The van der Waals surface area contributed by atoms with Crippen LogP contribution < -0.4 is 19.5 Å². The first-order valence-corrected chi connectivity index (χ1v) is 8.78. The lowest BCUT2D eigenvalue weighted by molar-refractivity contribution is -0.133. The van der Waals surface area contributed by atoms with Crippen molar-refractivity contribution in [2.24, 2.45) is 0 Å². The third-order valence-electron chi connectivity index (χ3n) is 4.85. The molecular formula is C20H23ClN2O4. The van der Waals surface area contributed by atoms with Crippen molar-refractivity contribution in [2.45, 2.75) is 12.5 Å². The Balaban J connectivity index is 0.00000210. The van der Waals surface area contributed by atoms with Gasteiger partial charge in [-0.25, -0.2) is 0 Å². The van der Waals surface area contributed by atoms with E-state index in [0.717, 1.165) is 29.2 Å². The van der Waals surface area contributed by atoms with Crippen molar-refractivity contribution in [3.8, 4) is 17.2 Å². The summed E-state index contributed by atoms with van der Waals surface area (Å²) in [6.07, 6.45) is 0.336. The topological polar surface area (TPSA) is 60.0 Å². The second-order valence-electron chi connectivity index (χ2n) is 6.41. The molecule has 2 heterocycles. The highest BCUT2D eigenvalue weighted by molar-refractivity contribution is 5.85. The molecule has 0 spiro atoms. The van der Waals surface area contributed by atoms with Crippen LogP contribution in [0.5, 0.6) is 17.2 Å². The molecule has 1 fully saturated rings. The highest BCUT2D eigenvalue weighted by Crippen LogP contribution is 2.34. The average Bonchev–Trinajstić information content (AvgIpc) is 3.15. The Labute approximate surface area is 164 Å². The minimum Gasteiger partial charge on any atom is -0.496 e. The number of carbonyl (C=O) groups excluding carboxylic acids is 1. The molecule has 1 amide bonds. The molecule has 0 aromatic heterocycles. The monoisotopic (exact) mass is 390 g/mol.